The minimum absolute atomic E-state index is 0.735. The Balaban J connectivity index is 2.58. The molecular formula is C14H25BrN4. The van der Waals surface area contributed by atoms with Crippen molar-refractivity contribution in [1.29, 1.82) is 0 Å². The Morgan fingerprint density at radius 3 is 2.37 bits per heavy atom. The van der Waals surface area contributed by atoms with Crippen LogP contribution in [-0.4, -0.2) is 42.6 Å². The van der Waals surface area contributed by atoms with E-state index in [4.69, 9.17) is 5.73 Å². The van der Waals surface area contributed by atoms with Gasteiger partial charge in [0.05, 0.1) is 5.69 Å². The molecule has 0 radical (unpaired) electrons. The van der Waals surface area contributed by atoms with Gasteiger partial charge in [-0.3, -0.25) is 0 Å². The summed E-state index contributed by atoms with van der Waals surface area (Å²) in [5.41, 5.74) is 6.77. The molecule has 0 saturated heterocycles. The molecule has 0 atom stereocenters. The van der Waals surface area contributed by atoms with Crippen LogP contribution in [0, 0.1) is 0 Å². The molecule has 0 saturated carbocycles. The van der Waals surface area contributed by atoms with Gasteiger partial charge >= 0.3 is 0 Å². The van der Waals surface area contributed by atoms with E-state index in [1.54, 1.807) is 6.20 Å². The van der Waals surface area contributed by atoms with Crippen molar-refractivity contribution in [3.05, 3.63) is 16.7 Å². The lowest BCUT2D eigenvalue weighted by molar-refractivity contribution is 0.300. The molecule has 0 aromatic carbocycles. The SMILES string of the molecule is CCN(CC)CCCN(CC)c1ncc(Br)cc1N. The molecule has 108 valence electrons. The summed E-state index contributed by atoms with van der Waals surface area (Å²) in [6.45, 7) is 11.8. The molecule has 1 heterocycles. The van der Waals surface area contributed by atoms with Gasteiger partial charge in [-0.1, -0.05) is 13.8 Å². The normalized spacial score (nSPS) is 11.0. The van der Waals surface area contributed by atoms with Crippen LogP contribution in [0.2, 0.25) is 0 Å². The van der Waals surface area contributed by atoms with E-state index in [-0.39, 0.29) is 0 Å². The Labute approximate surface area is 125 Å². The highest BCUT2D eigenvalue weighted by molar-refractivity contribution is 9.10. The third kappa shape index (κ3) is 4.99. The van der Waals surface area contributed by atoms with E-state index in [0.29, 0.717) is 0 Å². The van der Waals surface area contributed by atoms with E-state index in [9.17, 15) is 0 Å². The topological polar surface area (TPSA) is 45.4 Å². The summed E-state index contributed by atoms with van der Waals surface area (Å²) in [5.74, 6) is 0.894. The number of hydrogen-bond acceptors (Lipinski definition) is 4. The molecular weight excluding hydrogens is 304 g/mol. The summed E-state index contributed by atoms with van der Waals surface area (Å²) in [6, 6.07) is 1.91. The van der Waals surface area contributed by atoms with E-state index in [0.717, 1.165) is 55.1 Å². The first-order valence-electron chi connectivity index (χ1n) is 7.00. The highest BCUT2D eigenvalue weighted by Gasteiger charge is 2.10. The molecule has 4 nitrogen and oxygen atoms in total. The van der Waals surface area contributed by atoms with Gasteiger partial charge in [-0.25, -0.2) is 4.98 Å². The maximum absolute atomic E-state index is 6.04. The zero-order valence-electron chi connectivity index (χ0n) is 12.2. The first-order valence-corrected chi connectivity index (χ1v) is 7.79. The van der Waals surface area contributed by atoms with Gasteiger partial charge < -0.3 is 15.5 Å². The van der Waals surface area contributed by atoms with Crippen molar-refractivity contribution in [2.45, 2.75) is 27.2 Å². The smallest absolute Gasteiger partial charge is 0.151 e. The number of nitrogens with two attached hydrogens (primary N) is 1. The summed E-state index contributed by atoms with van der Waals surface area (Å²) in [7, 11) is 0. The number of hydrogen-bond donors (Lipinski definition) is 1. The lowest BCUT2D eigenvalue weighted by Gasteiger charge is -2.25. The van der Waals surface area contributed by atoms with Crippen LogP contribution in [0.1, 0.15) is 27.2 Å². The van der Waals surface area contributed by atoms with Crippen LogP contribution in [0.15, 0.2) is 16.7 Å². The van der Waals surface area contributed by atoms with Crippen molar-refractivity contribution < 1.29 is 0 Å². The maximum Gasteiger partial charge on any atom is 0.151 e. The predicted molar refractivity (Wildman–Crippen MR) is 86.6 cm³/mol. The maximum atomic E-state index is 6.04. The quantitative estimate of drug-likeness (QED) is 0.796. The largest absolute Gasteiger partial charge is 0.396 e. The number of rotatable bonds is 8. The number of anilines is 2. The van der Waals surface area contributed by atoms with Crippen molar-refractivity contribution in [3.63, 3.8) is 0 Å². The molecule has 0 aliphatic heterocycles. The van der Waals surface area contributed by atoms with Crippen molar-refractivity contribution in [2.24, 2.45) is 0 Å². The van der Waals surface area contributed by atoms with Gasteiger partial charge in [0.2, 0.25) is 0 Å². The minimum Gasteiger partial charge on any atom is -0.396 e. The number of nitrogen functional groups attached to an aromatic ring is 1. The molecule has 1 aromatic heterocycles. The zero-order chi connectivity index (χ0) is 14.3. The lowest BCUT2D eigenvalue weighted by Crippen LogP contribution is -2.30. The summed E-state index contributed by atoms with van der Waals surface area (Å²) in [4.78, 5) is 9.11. The minimum atomic E-state index is 0.735. The van der Waals surface area contributed by atoms with Crippen molar-refractivity contribution in [1.82, 2.24) is 9.88 Å². The van der Waals surface area contributed by atoms with Crippen LogP contribution >= 0.6 is 15.9 Å². The van der Waals surface area contributed by atoms with Crippen LogP contribution in [0.25, 0.3) is 0 Å². The fraction of sp³-hybridized carbons (Fsp3) is 0.643. The molecule has 0 unspecified atom stereocenters. The van der Waals surface area contributed by atoms with Gasteiger partial charge in [-0.15, -0.1) is 0 Å². The van der Waals surface area contributed by atoms with Gasteiger partial charge in [0.25, 0.3) is 0 Å². The first kappa shape index (κ1) is 16.2. The number of aromatic nitrogens is 1. The Morgan fingerprint density at radius 2 is 1.84 bits per heavy atom. The van der Waals surface area contributed by atoms with Gasteiger partial charge in [-0.05, 0) is 55.0 Å². The molecule has 0 fully saturated rings. The van der Waals surface area contributed by atoms with Crippen LogP contribution in [0.5, 0.6) is 0 Å². The van der Waals surface area contributed by atoms with Crippen molar-refractivity contribution in [2.75, 3.05) is 43.4 Å². The van der Waals surface area contributed by atoms with Crippen molar-refractivity contribution in [3.8, 4) is 0 Å². The Bertz CT molecular complexity index is 380. The van der Waals surface area contributed by atoms with Crippen LogP contribution in [0.4, 0.5) is 11.5 Å². The Hall–Kier alpha value is -0.810. The fourth-order valence-electron chi connectivity index (χ4n) is 2.15. The van der Waals surface area contributed by atoms with Crippen molar-refractivity contribution >= 4 is 27.4 Å². The van der Waals surface area contributed by atoms with Gasteiger partial charge in [0.15, 0.2) is 5.82 Å². The second kappa shape index (κ2) is 8.38. The second-order valence-corrected chi connectivity index (χ2v) is 5.44. The van der Waals surface area contributed by atoms with E-state index in [1.165, 1.54) is 0 Å². The van der Waals surface area contributed by atoms with Crippen LogP contribution in [0.3, 0.4) is 0 Å². The zero-order valence-corrected chi connectivity index (χ0v) is 13.8. The Kier molecular flexibility index (Phi) is 7.16. The molecule has 0 amide bonds. The van der Waals surface area contributed by atoms with Gasteiger partial charge in [0, 0.05) is 23.8 Å². The standard InChI is InChI=1S/C14H25BrN4/c1-4-18(5-2)8-7-9-19(6-3)14-13(16)10-12(15)11-17-14/h10-11H,4-9,16H2,1-3H3. The lowest BCUT2D eigenvalue weighted by atomic mass is 10.3. The Morgan fingerprint density at radius 1 is 1.16 bits per heavy atom. The summed E-state index contributed by atoms with van der Waals surface area (Å²) >= 11 is 3.39. The molecule has 0 bridgehead atoms. The molecule has 1 rings (SSSR count). The average Bonchev–Trinajstić information content (AvgIpc) is 2.40. The molecule has 1 aromatic rings. The fourth-order valence-corrected chi connectivity index (χ4v) is 2.50. The monoisotopic (exact) mass is 328 g/mol. The second-order valence-electron chi connectivity index (χ2n) is 4.53. The first-order chi connectivity index (χ1) is 9.12. The highest BCUT2D eigenvalue weighted by Crippen LogP contribution is 2.23. The molecule has 0 spiro atoms. The summed E-state index contributed by atoms with van der Waals surface area (Å²) < 4.78 is 0.924. The van der Waals surface area contributed by atoms with E-state index >= 15 is 0 Å². The molecule has 0 aliphatic rings. The number of pyridine rings is 1. The van der Waals surface area contributed by atoms with Gasteiger partial charge in [-0.2, -0.15) is 0 Å². The molecule has 2 N–H and O–H groups in total. The van der Waals surface area contributed by atoms with Gasteiger partial charge in [0.1, 0.15) is 0 Å². The third-order valence-electron chi connectivity index (χ3n) is 3.34. The summed E-state index contributed by atoms with van der Waals surface area (Å²) in [6.07, 6.45) is 2.94. The third-order valence-corrected chi connectivity index (χ3v) is 3.77. The van der Waals surface area contributed by atoms with E-state index < -0.39 is 0 Å². The van der Waals surface area contributed by atoms with Crippen LogP contribution < -0.4 is 10.6 Å². The van der Waals surface area contributed by atoms with E-state index in [1.807, 2.05) is 6.07 Å². The predicted octanol–water partition coefficient (Wildman–Crippen LogP) is 2.98. The molecule has 19 heavy (non-hydrogen) atoms. The number of nitrogens with zero attached hydrogens (tertiary/aromatic N) is 3. The van der Waals surface area contributed by atoms with Crippen LogP contribution in [-0.2, 0) is 0 Å². The molecule has 5 heteroatoms. The highest BCUT2D eigenvalue weighted by atomic mass is 79.9. The van der Waals surface area contributed by atoms with E-state index in [2.05, 4.69) is 51.5 Å². The number of halogens is 1. The summed E-state index contributed by atoms with van der Waals surface area (Å²) in [5, 5.41) is 0. The molecule has 0 aliphatic carbocycles. The average molecular weight is 329 g/mol.